The molecule has 0 saturated heterocycles. The number of fused-ring (bicyclic) bond motifs is 5. The summed E-state index contributed by atoms with van der Waals surface area (Å²) in [4.78, 5) is 12.2. The molecule has 0 atom stereocenters. The van der Waals surface area contributed by atoms with E-state index in [0.29, 0.717) is 0 Å². The molecule has 3 aromatic heterocycles. The quantitative estimate of drug-likeness (QED) is 0.234. The Morgan fingerprint density at radius 3 is 2.27 bits per heavy atom. The van der Waals surface area contributed by atoms with Gasteiger partial charge in [0.05, 0.1) is 16.7 Å². The molecule has 7 rings (SSSR count). The minimum Gasteiger partial charge on any atom is -0.324 e. The lowest BCUT2D eigenvalue weighted by Crippen LogP contribution is -2.09. The molecule has 1 aliphatic heterocycles. The van der Waals surface area contributed by atoms with E-state index in [9.17, 15) is 0 Å². The minimum atomic E-state index is 0.924. The zero-order chi connectivity index (χ0) is 27.1. The Labute approximate surface area is 233 Å². The van der Waals surface area contributed by atoms with Crippen molar-refractivity contribution in [3.8, 4) is 22.4 Å². The summed E-state index contributed by atoms with van der Waals surface area (Å²) in [6.07, 6.45) is 14.7. The van der Waals surface area contributed by atoms with Gasteiger partial charge >= 0.3 is 0 Å². The summed E-state index contributed by atoms with van der Waals surface area (Å²) in [5.74, 6) is 0. The average Bonchev–Trinajstić information content (AvgIpc) is 3.41. The Morgan fingerprint density at radius 2 is 1.48 bits per heavy atom. The van der Waals surface area contributed by atoms with Crippen LogP contribution < -0.4 is 0 Å². The fraction of sp³-hybridized carbons (Fsp3) is 0.0556. The second-order valence-electron chi connectivity index (χ2n) is 10.0. The summed E-state index contributed by atoms with van der Waals surface area (Å²) in [6, 6.07) is 31.8. The van der Waals surface area contributed by atoms with Crippen molar-refractivity contribution in [2.75, 3.05) is 0 Å². The third kappa shape index (κ3) is 4.11. The Kier molecular flexibility index (Phi) is 5.86. The lowest BCUT2D eigenvalue weighted by Gasteiger charge is -2.20. The summed E-state index contributed by atoms with van der Waals surface area (Å²) < 4.78 is 2.14. The standard InChI is InChI=1S/C36H28N4/c1-3-30-10-6-8-22-39(30)24-25(2)26-14-16-27(17-15-26)28-18-20-29(21-19-28)34-36-35(31-11-4-5-12-32(31)37-34)38-33-13-7-9-23-40(33)36/h3-24H,1-2H3/b25-24+,30-3+. The smallest absolute Gasteiger partial charge is 0.137 e. The normalized spacial score (nSPS) is 14.7. The van der Waals surface area contributed by atoms with Crippen molar-refractivity contribution in [3.63, 3.8) is 0 Å². The topological polar surface area (TPSA) is 33.4 Å². The summed E-state index contributed by atoms with van der Waals surface area (Å²) in [5, 5.41) is 1.07. The van der Waals surface area contributed by atoms with E-state index in [0.717, 1.165) is 38.8 Å². The fourth-order valence-electron chi connectivity index (χ4n) is 5.42. The Bertz CT molecular complexity index is 2000. The average molecular weight is 517 g/mol. The van der Waals surface area contributed by atoms with Gasteiger partial charge in [-0.05, 0) is 66.5 Å². The van der Waals surface area contributed by atoms with Crippen LogP contribution in [-0.2, 0) is 0 Å². The Morgan fingerprint density at radius 1 is 0.750 bits per heavy atom. The molecule has 0 bridgehead atoms. The van der Waals surface area contributed by atoms with E-state index in [1.54, 1.807) is 0 Å². The zero-order valence-corrected chi connectivity index (χ0v) is 22.5. The maximum absolute atomic E-state index is 5.10. The van der Waals surface area contributed by atoms with Crippen molar-refractivity contribution >= 4 is 33.2 Å². The highest BCUT2D eigenvalue weighted by Crippen LogP contribution is 2.34. The van der Waals surface area contributed by atoms with Gasteiger partial charge < -0.3 is 4.90 Å². The number of benzene rings is 3. The van der Waals surface area contributed by atoms with Gasteiger partial charge in [0.25, 0.3) is 0 Å². The minimum absolute atomic E-state index is 0.924. The van der Waals surface area contributed by atoms with Crippen LogP contribution in [0.2, 0.25) is 0 Å². The molecule has 0 aliphatic carbocycles. The van der Waals surface area contributed by atoms with Crippen molar-refractivity contribution in [2.24, 2.45) is 0 Å². The van der Waals surface area contributed by atoms with Gasteiger partial charge in [0, 0.05) is 35.2 Å². The molecule has 0 saturated carbocycles. The Balaban J connectivity index is 1.23. The predicted octanol–water partition coefficient (Wildman–Crippen LogP) is 9.02. The van der Waals surface area contributed by atoms with Crippen LogP contribution in [0.5, 0.6) is 0 Å². The molecule has 192 valence electrons. The lowest BCUT2D eigenvalue weighted by atomic mass is 9.99. The number of hydrogen-bond donors (Lipinski definition) is 0. The molecular formula is C36H28N4. The molecule has 0 unspecified atom stereocenters. The van der Waals surface area contributed by atoms with Gasteiger partial charge in [-0.2, -0.15) is 0 Å². The number of hydrogen-bond acceptors (Lipinski definition) is 3. The van der Waals surface area contributed by atoms with Crippen LogP contribution in [0.4, 0.5) is 0 Å². The van der Waals surface area contributed by atoms with Gasteiger partial charge in [-0.3, -0.25) is 4.40 Å². The first kappa shape index (κ1) is 23.9. The molecule has 6 aromatic rings. The van der Waals surface area contributed by atoms with Crippen LogP contribution in [0.1, 0.15) is 19.4 Å². The molecule has 4 heteroatoms. The van der Waals surface area contributed by atoms with Crippen molar-refractivity contribution in [3.05, 3.63) is 145 Å². The molecule has 0 amide bonds. The Hall–Kier alpha value is -5.22. The highest BCUT2D eigenvalue weighted by atomic mass is 15.1. The number of nitrogens with zero attached hydrogens (tertiary/aromatic N) is 4. The molecule has 0 N–H and O–H groups in total. The van der Waals surface area contributed by atoms with Gasteiger partial charge in [0.2, 0.25) is 0 Å². The van der Waals surface area contributed by atoms with Gasteiger partial charge in [0.15, 0.2) is 0 Å². The van der Waals surface area contributed by atoms with Gasteiger partial charge in [-0.15, -0.1) is 0 Å². The molecule has 0 spiro atoms. The largest absolute Gasteiger partial charge is 0.324 e. The number of aromatic nitrogens is 3. The number of imidazole rings is 1. The second kappa shape index (κ2) is 9.83. The number of rotatable bonds is 4. The van der Waals surface area contributed by atoms with Crippen molar-refractivity contribution < 1.29 is 0 Å². The van der Waals surface area contributed by atoms with E-state index < -0.39 is 0 Å². The van der Waals surface area contributed by atoms with Crippen LogP contribution in [-0.4, -0.2) is 19.3 Å². The molecular weight excluding hydrogens is 488 g/mol. The summed E-state index contributed by atoms with van der Waals surface area (Å²) in [5.41, 5.74) is 11.8. The van der Waals surface area contributed by atoms with E-state index in [1.807, 2.05) is 30.3 Å². The van der Waals surface area contributed by atoms with E-state index >= 15 is 0 Å². The molecule has 0 fully saturated rings. The van der Waals surface area contributed by atoms with Gasteiger partial charge in [-0.25, -0.2) is 9.97 Å². The molecule has 0 radical (unpaired) electrons. The summed E-state index contributed by atoms with van der Waals surface area (Å²) in [6.45, 7) is 4.21. The third-order valence-corrected chi connectivity index (χ3v) is 7.53. The first-order valence-corrected chi connectivity index (χ1v) is 13.5. The predicted molar refractivity (Wildman–Crippen MR) is 166 cm³/mol. The number of allylic oxidation sites excluding steroid dienone is 5. The van der Waals surface area contributed by atoms with Crippen LogP contribution in [0.25, 0.3) is 55.5 Å². The van der Waals surface area contributed by atoms with Gasteiger partial charge in [-0.1, -0.05) is 84.9 Å². The summed E-state index contributed by atoms with van der Waals surface area (Å²) in [7, 11) is 0. The van der Waals surface area contributed by atoms with E-state index in [2.05, 4.69) is 127 Å². The van der Waals surface area contributed by atoms with Crippen LogP contribution in [0.3, 0.4) is 0 Å². The first-order valence-electron chi connectivity index (χ1n) is 13.5. The van der Waals surface area contributed by atoms with Gasteiger partial charge in [0.1, 0.15) is 11.2 Å². The maximum atomic E-state index is 5.10. The number of para-hydroxylation sites is 1. The highest BCUT2D eigenvalue weighted by Gasteiger charge is 2.16. The second-order valence-corrected chi connectivity index (χ2v) is 10.0. The van der Waals surface area contributed by atoms with E-state index in [4.69, 9.17) is 9.97 Å². The van der Waals surface area contributed by atoms with Crippen molar-refractivity contribution in [2.45, 2.75) is 13.8 Å². The fourth-order valence-corrected chi connectivity index (χ4v) is 5.42. The SMILES string of the molecule is C/C=C1\C=CC=CN1/C=C(\C)c1ccc(-c2ccc(-c3nc4ccccc4c4nc5ccccn5c34)cc2)cc1. The molecule has 40 heavy (non-hydrogen) atoms. The molecule has 1 aliphatic rings. The van der Waals surface area contributed by atoms with Crippen LogP contribution >= 0.6 is 0 Å². The highest BCUT2D eigenvalue weighted by molar-refractivity contribution is 6.09. The molecule has 3 aromatic carbocycles. The van der Waals surface area contributed by atoms with Crippen LogP contribution in [0, 0.1) is 0 Å². The maximum Gasteiger partial charge on any atom is 0.137 e. The third-order valence-electron chi connectivity index (χ3n) is 7.53. The summed E-state index contributed by atoms with van der Waals surface area (Å²) >= 11 is 0. The molecule has 4 heterocycles. The van der Waals surface area contributed by atoms with E-state index in [-0.39, 0.29) is 0 Å². The van der Waals surface area contributed by atoms with Crippen LogP contribution in [0.15, 0.2) is 140 Å². The van der Waals surface area contributed by atoms with Crippen molar-refractivity contribution in [1.82, 2.24) is 19.3 Å². The number of pyridine rings is 2. The molecule has 4 nitrogen and oxygen atoms in total. The van der Waals surface area contributed by atoms with E-state index in [1.165, 1.54) is 28.0 Å². The first-order chi connectivity index (χ1) is 19.7. The monoisotopic (exact) mass is 516 g/mol. The lowest BCUT2D eigenvalue weighted by molar-refractivity contribution is 0.645. The zero-order valence-electron chi connectivity index (χ0n) is 22.5. The van der Waals surface area contributed by atoms with Crippen molar-refractivity contribution in [1.29, 1.82) is 0 Å².